The number of benzene rings is 2. The largest absolute Gasteiger partial charge is 0.508 e. The van der Waals surface area contributed by atoms with Crippen molar-refractivity contribution >= 4 is 39.1 Å². The lowest BCUT2D eigenvalue weighted by Crippen LogP contribution is -2.30. The maximum Gasteiger partial charge on any atom is 0.296 e. The number of hydrogen-bond donors (Lipinski definition) is 2. The molecular weight excluding hydrogens is 404 g/mol. The predicted molar refractivity (Wildman–Crippen MR) is 111 cm³/mol. The highest BCUT2D eigenvalue weighted by Crippen LogP contribution is 2.43. The molecule has 1 amide bonds. The number of carbonyl (C=O) groups excluding carboxylic acids is 2. The number of nitrogens with zero attached hydrogens (tertiary/aromatic N) is 2. The van der Waals surface area contributed by atoms with Crippen molar-refractivity contribution in [2.75, 3.05) is 4.90 Å². The van der Waals surface area contributed by atoms with Gasteiger partial charge in [0.15, 0.2) is 16.7 Å². The van der Waals surface area contributed by atoms with Crippen LogP contribution in [0.1, 0.15) is 22.2 Å². The molecule has 1 aliphatic rings. The zero-order valence-electron chi connectivity index (χ0n) is 15.4. The van der Waals surface area contributed by atoms with Crippen LogP contribution in [0.4, 0.5) is 5.13 Å². The summed E-state index contributed by atoms with van der Waals surface area (Å²) in [5.41, 5.74) is 0.975. The Hall–Kier alpha value is -3.91. The Morgan fingerprint density at radius 1 is 1.10 bits per heavy atom. The number of aliphatic hydroxyl groups excluding tert-OH is 1. The lowest BCUT2D eigenvalue weighted by molar-refractivity contribution is -0.117. The van der Waals surface area contributed by atoms with Crippen molar-refractivity contribution in [1.29, 1.82) is 0 Å². The van der Waals surface area contributed by atoms with Crippen LogP contribution in [-0.4, -0.2) is 26.9 Å². The van der Waals surface area contributed by atoms with Gasteiger partial charge >= 0.3 is 0 Å². The first-order valence-corrected chi connectivity index (χ1v) is 9.91. The number of aromatic nitrogens is 1. The molecule has 0 bridgehead atoms. The average Bonchev–Trinajstić information content (AvgIpc) is 3.47. The van der Waals surface area contributed by atoms with Gasteiger partial charge in [-0.15, -0.1) is 11.3 Å². The number of thiazole rings is 1. The van der Waals surface area contributed by atoms with Gasteiger partial charge in [-0.1, -0.05) is 30.3 Å². The Bertz CT molecular complexity index is 1270. The highest BCUT2D eigenvalue weighted by molar-refractivity contribution is 7.13. The fraction of sp³-hybridized carbons (Fsp3) is 0.0455. The Morgan fingerprint density at radius 2 is 1.87 bits per heavy atom. The van der Waals surface area contributed by atoms with Crippen LogP contribution in [0, 0.1) is 0 Å². The van der Waals surface area contributed by atoms with Crippen molar-refractivity contribution in [3.05, 3.63) is 88.8 Å². The third-order valence-electron chi connectivity index (χ3n) is 4.94. The molecule has 0 spiro atoms. The number of para-hydroxylation sites is 1. The van der Waals surface area contributed by atoms with E-state index in [1.54, 1.807) is 35.7 Å². The lowest BCUT2D eigenvalue weighted by Gasteiger charge is -2.24. The van der Waals surface area contributed by atoms with Crippen LogP contribution >= 0.6 is 11.3 Å². The summed E-state index contributed by atoms with van der Waals surface area (Å²) in [7, 11) is 0. The third-order valence-corrected chi connectivity index (χ3v) is 5.71. The number of amides is 1. The summed E-state index contributed by atoms with van der Waals surface area (Å²) in [6.45, 7) is 0. The van der Waals surface area contributed by atoms with Gasteiger partial charge in [-0.3, -0.25) is 14.5 Å². The van der Waals surface area contributed by atoms with Crippen LogP contribution in [0.15, 0.2) is 81.9 Å². The number of phenolic OH excluding ortho intramolecular Hbond substituents is 1. The number of aliphatic hydroxyl groups is 1. The molecule has 2 aromatic heterocycles. The van der Waals surface area contributed by atoms with E-state index in [1.807, 2.05) is 12.1 Å². The molecule has 1 atom stereocenters. The van der Waals surface area contributed by atoms with Crippen molar-refractivity contribution in [2.24, 2.45) is 0 Å². The molecule has 8 heteroatoms. The zero-order chi connectivity index (χ0) is 20.8. The molecule has 1 unspecified atom stereocenters. The molecule has 7 nitrogen and oxygen atoms in total. The molecule has 0 radical (unpaired) electrons. The third kappa shape index (κ3) is 2.77. The van der Waals surface area contributed by atoms with Crippen molar-refractivity contribution in [1.82, 2.24) is 4.98 Å². The normalized spacial score (nSPS) is 16.6. The first-order valence-electron chi connectivity index (χ1n) is 9.03. The Morgan fingerprint density at radius 3 is 2.57 bits per heavy atom. The van der Waals surface area contributed by atoms with E-state index in [-0.39, 0.29) is 17.1 Å². The number of hydrogen-bond acceptors (Lipinski definition) is 7. The number of rotatable bonds is 4. The molecular formula is C22H14N2O5S. The van der Waals surface area contributed by atoms with Crippen LogP contribution < -0.4 is 4.90 Å². The molecule has 3 heterocycles. The van der Waals surface area contributed by atoms with Gasteiger partial charge in [0.25, 0.3) is 5.91 Å². The molecule has 30 heavy (non-hydrogen) atoms. The predicted octanol–water partition coefficient (Wildman–Crippen LogP) is 4.38. The summed E-state index contributed by atoms with van der Waals surface area (Å²) >= 11 is 1.21. The van der Waals surface area contributed by atoms with E-state index in [2.05, 4.69) is 4.98 Å². The minimum atomic E-state index is -0.912. The van der Waals surface area contributed by atoms with Gasteiger partial charge in [0.1, 0.15) is 11.3 Å². The van der Waals surface area contributed by atoms with Crippen LogP contribution in [-0.2, 0) is 4.79 Å². The van der Waals surface area contributed by atoms with Gasteiger partial charge in [-0.25, -0.2) is 4.98 Å². The lowest BCUT2D eigenvalue weighted by atomic mass is 9.95. The molecule has 2 N–H and O–H groups in total. The minimum Gasteiger partial charge on any atom is -0.508 e. The maximum atomic E-state index is 13.4. The molecule has 4 aromatic rings. The Labute approximate surface area is 174 Å². The maximum absolute atomic E-state index is 13.4. The van der Waals surface area contributed by atoms with E-state index >= 15 is 0 Å². The smallest absolute Gasteiger partial charge is 0.296 e. The second-order valence-electron chi connectivity index (χ2n) is 6.72. The summed E-state index contributed by atoms with van der Waals surface area (Å²) in [5, 5.41) is 23.1. The molecule has 148 valence electrons. The van der Waals surface area contributed by atoms with Gasteiger partial charge in [-0.2, -0.15) is 0 Å². The molecule has 0 aliphatic carbocycles. The van der Waals surface area contributed by atoms with E-state index < -0.39 is 23.5 Å². The molecule has 1 aliphatic heterocycles. The highest BCUT2D eigenvalue weighted by atomic mass is 32.1. The van der Waals surface area contributed by atoms with Crippen molar-refractivity contribution in [3.8, 4) is 5.75 Å². The summed E-state index contributed by atoms with van der Waals surface area (Å²) < 4.78 is 5.68. The quantitative estimate of drug-likeness (QED) is 0.477. The van der Waals surface area contributed by atoms with Crippen LogP contribution in [0.3, 0.4) is 0 Å². The highest BCUT2D eigenvalue weighted by Gasteiger charge is 2.46. The minimum absolute atomic E-state index is 0.0234. The number of phenols is 1. The zero-order valence-corrected chi connectivity index (χ0v) is 16.2. The number of anilines is 1. The summed E-state index contributed by atoms with van der Waals surface area (Å²) in [4.78, 5) is 31.8. The Balaban J connectivity index is 1.66. The second kappa shape index (κ2) is 6.85. The fourth-order valence-corrected chi connectivity index (χ4v) is 4.23. The SMILES string of the molecule is O=C(C1=C(O)C(=O)N(c2nccs2)C1c1ccc(O)cc1)c1cc2ccccc2o1. The summed E-state index contributed by atoms with van der Waals surface area (Å²) in [6.07, 6.45) is 1.54. The Kier molecular flexibility index (Phi) is 4.14. The van der Waals surface area contributed by atoms with Crippen molar-refractivity contribution in [3.63, 3.8) is 0 Å². The monoisotopic (exact) mass is 418 g/mol. The van der Waals surface area contributed by atoms with Crippen LogP contribution in [0.25, 0.3) is 11.0 Å². The molecule has 2 aromatic carbocycles. The second-order valence-corrected chi connectivity index (χ2v) is 7.60. The van der Waals surface area contributed by atoms with Crippen LogP contribution in [0.5, 0.6) is 5.75 Å². The van der Waals surface area contributed by atoms with Gasteiger partial charge in [0.2, 0.25) is 5.78 Å². The number of furan rings is 1. The number of carbonyl (C=O) groups is 2. The van der Waals surface area contributed by atoms with E-state index in [1.165, 1.54) is 34.6 Å². The van der Waals surface area contributed by atoms with E-state index in [0.29, 0.717) is 16.3 Å². The van der Waals surface area contributed by atoms with E-state index in [9.17, 15) is 19.8 Å². The van der Waals surface area contributed by atoms with E-state index in [4.69, 9.17) is 4.42 Å². The summed E-state index contributed by atoms with van der Waals surface area (Å²) in [6, 6.07) is 13.9. The van der Waals surface area contributed by atoms with Gasteiger partial charge in [0.05, 0.1) is 11.6 Å². The molecule has 5 rings (SSSR count). The molecule has 0 saturated heterocycles. The number of aromatic hydroxyl groups is 1. The average molecular weight is 418 g/mol. The summed E-state index contributed by atoms with van der Waals surface area (Å²) in [5.74, 6) is -1.89. The topological polar surface area (TPSA) is 104 Å². The molecule has 0 fully saturated rings. The van der Waals surface area contributed by atoms with Gasteiger partial charge in [-0.05, 0) is 29.8 Å². The van der Waals surface area contributed by atoms with Crippen LogP contribution in [0.2, 0.25) is 0 Å². The standard InChI is InChI=1S/C22H14N2O5S/c25-14-7-5-12(6-8-14)18-17(20(27)21(28)24(18)22-23-9-10-30-22)19(26)16-11-13-3-1-2-4-15(13)29-16/h1-11,18,25,27H. The number of fused-ring (bicyclic) bond motifs is 1. The molecule has 0 saturated carbocycles. The fourth-order valence-electron chi connectivity index (χ4n) is 3.57. The first-order chi connectivity index (χ1) is 14.5. The van der Waals surface area contributed by atoms with Gasteiger partial charge < -0.3 is 14.6 Å². The van der Waals surface area contributed by atoms with E-state index in [0.717, 1.165) is 5.39 Å². The first kappa shape index (κ1) is 18.1. The van der Waals surface area contributed by atoms with Gasteiger partial charge in [0, 0.05) is 17.0 Å². The van der Waals surface area contributed by atoms with Crippen molar-refractivity contribution < 1.29 is 24.2 Å². The number of Topliss-reactive ketones (excluding diaryl/α,β-unsaturated/α-hetero) is 1. The number of ketones is 1. The van der Waals surface area contributed by atoms with Crippen molar-refractivity contribution in [2.45, 2.75) is 6.04 Å².